The van der Waals surface area contributed by atoms with Crippen molar-refractivity contribution < 1.29 is 9.84 Å². The Morgan fingerprint density at radius 3 is 2.37 bits per heavy atom. The first-order valence-corrected chi connectivity index (χ1v) is 12.5. The van der Waals surface area contributed by atoms with Gasteiger partial charge in [-0.15, -0.1) is 0 Å². The second-order valence-electron chi connectivity index (χ2n) is 8.94. The van der Waals surface area contributed by atoms with Crippen molar-refractivity contribution in [3.8, 4) is 11.8 Å². The topological polar surface area (TPSA) is 59.7 Å². The number of hydrogen-bond acceptors (Lipinski definition) is 5. The fraction of sp³-hybridized carbons (Fsp3) is 0.321. The molecule has 4 rings (SSSR count). The number of benzene rings is 3. The molecule has 1 fully saturated rings. The average molecular weight is 510 g/mol. The summed E-state index contributed by atoms with van der Waals surface area (Å²) in [6, 6.07) is 24.0. The van der Waals surface area contributed by atoms with Gasteiger partial charge in [-0.1, -0.05) is 47.5 Å². The lowest BCUT2D eigenvalue weighted by Crippen LogP contribution is -2.49. The van der Waals surface area contributed by atoms with Gasteiger partial charge in [0.2, 0.25) is 0 Å². The van der Waals surface area contributed by atoms with Crippen molar-refractivity contribution >= 4 is 28.9 Å². The Hall–Kier alpha value is -2.75. The van der Waals surface area contributed by atoms with Crippen LogP contribution >= 0.6 is 23.2 Å². The van der Waals surface area contributed by atoms with E-state index in [1.165, 1.54) is 5.56 Å². The van der Waals surface area contributed by atoms with E-state index in [0.29, 0.717) is 21.4 Å². The normalized spacial score (nSPS) is 18.1. The average Bonchev–Trinajstić information content (AvgIpc) is 2.87. The zero-order chi connectivity index (χ0) is 24.9. The zero-order valence-electron chi connectivity index (χ0n) is 19.9. The maximum Gasteiger partial charge on any atom is 0.121 e. The standard InChI is InChI=1S/C28H29Cl2N3O2/c1-19(34)18-35-25-11-12-27(26(30)15-25)33-14-13-32(17-28(33)23-7-9-24(29)10-8-23)20(2)22-5-3-21(16-31)4-6-22/h3-12,15,19-20,28,34H,13-14,17-18H2,1-2H3/t19-,20+,28-/m0/s1. The lowest BCUT2D eigenvalue weighted by molar-refractivity contribution is 0.122. The van der Waals surface area contributed by atoms with Crippen molar-refractivity contribution in [1.82, 2.24) is 4.90 Å². The highest BCUT2D eigenvalue weighted by molar-refractivity contribution is 6.33. The van der Waals surface area contributed by atoms with E-state index in [2.05, 4.69) is 34.9 Å². The van der Waals surface area contributed by atoms with Crippen molar-refractivity contribution in [1.29, 1.82) is 5.26 Å². The molecule has 0 aromatic heterocycles. The van der Waals surface area contributed by atoms with E-state index in [4.69, 9.17) is 33.2 Å². The van der Waals surface area contributed by atoms with E-state index in [-0.39, 0.29) is 18.7 Å². The molecule has 0 bridgehead atoms. The minimum absolute atomic E-state index is 0.0728. The van der Waals surface area contributed by atoms with E-state index in [9.17, 15) is 5.11 Å². The number of ether oxygens (including phenoxy) is 1. The number of halogens is 2. The summed E-state index contributed by atoms with van der Waals surface area (Å²) in [6.07, 6.45) is -0.547. The molecule has 0 amide bonds. The summed E-state index contributed by atoms with van der Waals surface area (Å²) in [5.41, 5.74) is 3.96. The van der Waals surface area contributed by atoms with Crippen LogP contribution in [-0.2, 0) is 0 Å². The number of nitriles is 1. The highest BCUT2D eigenvalue weighted by Gasteiger charge is 2.32. The molecule has 3 aromatic rings. The maximum atomic E-state index is 9.51. The van der Waals surface area contributed by atoms with Crippen molar-refractivity contribution in [3.05, 3.63) is 93.5 Å². The molecule has 0 unspecified atom stereocenters. The first kappa shape index (κ1) is 25.3. The number of anilines is 1. The van der Waals surface area contributed by atoms with Crippen molar-refractivity contribution in [3.63, 3.8) is 0 Å². The lowest BCUT2D eigenvalue weighted by atomic mass is 9.98. The molecular weight excluding hydrogens is 481 g/mol. The molecule has 1 heterocycles. The fourth-order valence-corrected chi connectivity index (χ4v) is 4.89. The predicted molar refractivity (Wildman–Crippen MR) is 141 cm³/mol. The molecule has 5 nitrogen and oxygen atoms in total. The summed E-state index contributed by atoms with van der Waals surface area (Å²) in [5, 5.41) is 19.9. The molecule has 3 atom stereocenters. The number of aliphatic hydroxyl groups is 1. The van der Waals surface area contributed by atoms with Crippen LogP contribution in [0.25, 0.3) is 0 Å². The van der Waals surface area contributed by atoms with Crippen LogP contribution in [0.2, 0.25) is 10.0 Å². The number of hydrogen-bond donors (Lipinski definition) is 1. The molecule has 1 N–H and O–H groups in total. The van der Waals surface area contributed by atoms with Gasteiger partial charge in [-0.3, -0.25) is 4.90 Å². The third kappa shape index (κ3) is 6.09. The van der Waals surface area contributed by atoms with Gasteiger partial charge in [-0.05, 0) is 61.4 Å². The molecule has 35 heavy (non-hydrogen) atoms. The molecule has 182 valence electrons. The number of rotatable bonds is 7. The van der Waals surface area contributed by atoms with Crippen molar-refractivity contribution in [2.45, 2.75) is 32.0 Å². The second kappa shape index (κ2) is 11.3. The highest BCUT2D eigenvalue weighted by Crippen LogP contribution is 2.39. The smallest absolute Gasteiger partial charge is 0.121 e. The van der Waals surface area contributed by atoms with Gasteiger partial charge in [0.1, 0.15) is 12.4 Å². The van der Waals surface area contributed by atoms with E-state index < -0.39 is 6.10 Å². The van der Waals surface area contributed by atoms with Crippen molar-refractivity contribution in [2.75, 3.05) is 31.1 Å². The fourth-order valence-electron chi connectivity index (χ4n) is 4.49. The van der Waals surface area contributed by atoms with Gasteiger partial charge in [-0.2, -0.15) is 5.26 Å². The molecule has 0 radical (unpaired) electrons. The third-order valence-corrected chi connectivity index (χ3v) is 7.01. The van der Waals surface area contributed by atoms with Gasteiger partial charge in [0, 0.05) is 36.8 Å². The number of piperazine rings is 1. The third-order valence-electron chi connectivity index (χ3n) is 6.46. The molecule has 0 spiro atoms. The summed E-state index contributed by atoms with van der Waals surface area (Å²) in [4.78, 5) is 4.80. The minimum atomic E-state index is -0.547. The molecule has 3 aromatic carbocycles. The highest BCUT2D eigenvalue weighted by atomic mass is 35.5. The van der Waals surface area contributed by atoms with E-state index >= 15 is 0 Å². The lowest BCUT2D eigenvalue weighted by Gasteiger charge is -2.45. The Balaban J connectivity index is 1.60. The molecular formula is C28H29Cl2N3O2. The number of nitrogens with zero attached hydrogens (tertiary/aromatic N) is 3. The quantitative estimate of drug-likeness (QED) is 0.407. The van der Waals surface area contributed by atoms with E-state index in [0.717, 1.165) is 30.9 Å². The van der Waals surface area contributed by atoms with Gasteiger partial charge in [0.05, 0.1) is 34.5 Å². The van der Waals surface area contributed by atoms with Gasteiger partial charge in [0.15, 0.2) is 0 Å². The maximum absolute atomic E-state index is 9.51. The minimum Gasteiger partial charge on any atom is -0.491 e. The summed E-state index contributed by atoms with van der Waals surface area (Å²) >= 11 is 12.9. The Bertz CT molecular complexity index is 1180. The van der Waals surface area contributed by atoms with E-state index in [1.54, 1.807) is 6.92 Å². The SMILES string of the molecule is C[C@H](O)COc1ccc(N2CCN([C@H](C)c3ccc(C#N)cc3)C[C@H]2c2ccc(Cl)cc2)c(Cl)c1. The summed E-state index contributed by atoms with van der Waals surface area (Å²) in [5.74, 6) is 0.635. The predicted octanol–water partition coefficient (Wildman–Crippen LogP) is 6.25. The Morgan fingerprint density at radius 2 is 1.74 bits per heavy atom. The van der Waals surface area contributed by atoms with E-state index in [1.807, 2.05) is 54.6 Å². The first-order valence-electron chi connectivity index (χ1n) is 11.7. The summed E-state index contributed by atoms with van der Waals surface area (Å²) in [6.45, 7) is 6.57. The van der Waals surface area contributed by atoms with Crippen LogP contribution in [0, 0.1) is 11.3 Å². The molecule has 1 saturated heterocycles. The second-order valence-corrected chi connectivity index (χ2v) is 9.78. The van der Waals surface area contributed by atoms with Crippen molar-refractivity contribution in [2.24, 2.45) is 0 Å². The van der Waals surface area contributed by atoms with Gasteiger partial charge in [-0.25, -0.2) is 0 Å². The molecule has 7 heteroatoms. The van der Waals surface area contributed by atoms with Gasteiger partial charge < -0.3 is 14.7 Å². The number of aliphatic hydroxyl groups excluding tert-OH is 1. The van der Waals surface area contributed by atoms with Crippen LogP contribution < -0.4 is 9.64 Å². The van der Waals surface area contributed by atoms with Crippen LogP contribution in [0.15, 0.2) is 66.7 Å². The molecule has 0 saturated carbocycles. The van der Waals surface area contributed by atoms with Crippen LogP contribution in [-0.4, -0.2) is 42.4 Å². The first-order chi connectivity index (χ1) is 16.9. The molecule has 0 aliphatic carbocycles. The van der Waals surface area contributed by atoms with Crippen LogP contribution in [0.4, 0.5) is 5.69 Å². The van der Waals surface area contributed by atoms with Crippen LogP contribution in [0.5, 0.6) is 5.75 Å². The zero-order valence-corrected chi connectivity index (χ0v) is 21.4. The molecule has 1 aliphatic heterocycles. The van der Waals surface area contributed by atoms with Crippen LogP contribution in [0.1, 0.15) is 42.6 Å². The van der Waals surface area contributed by atoms with Crippen LogP contribution in [0.3, 0.4) is 0 Å². The largest absolute Gasteiger partial charge is 0.491 e. The Labute approximate surface area is 217 Å². The Morgan fingerprint density at radius 1 is 1.03 bits per heavy atom. The summed E-state index contributed by atoms with van der Waals surface area (Å²) in [7, 11) is 0. The summed E-state index contributed by atoms with van der Waals surface area (Å²) < 4.78 is 5.63. The van der Waals surface area contributed by atoms with Gasteiger partial charge >= 0.3 is 0 Å². The Kier molecular flexibility index (Phi) is 8.20. The molecule has 1 aliphatic rings. The monoisotopic (exact) mass is 509 g/mol. The van der Waals surface area contributed by atoms with Gasteiger partial charge in [0.25, 0.3) is 0 Å².